The smallest absolute Gasteiger partial charge is 0.257 e. The summed E-state index contributed by atoms with van der Waals surface area (Å²) in [5.41, 5.74) is 7.04. The van der Waals surface area contributed by atoms with Crippen molar-refractivity contribution in [3.8, 4) is 11.5 Å². The molecule has 0 radical (unpaired) electrons. The van der Waals surface area contributed by atoms with Crippen molar-refractivity contribution >= 4 is 23.0 Å². The summed E-state index contributed by atoms with van der Waals surface area (Å²) in [5, 5.41) is 6.79. The Balaban J connectivity index is 2.22. The Hall–Kier alpha value is -1.95. The average molecular weight is 234 g/mol. The molecule has 3 N–H and O–H groups in total. The maximum absolute atomic E-state index is 5.36. The zero-order valence-corrected chi connectivity index (χ0v) is 9.41. The number of thiocarbonyl (C=S) groups is 1. The summed E-state index contributed by atoms with van der Waals surface area (Å²) in [6, 6.07) is 7.39. The maximum atomic E-state index is 5.36. The van der Waals surface area contributed by atoms with Crippen molar-refractivity contribution < 1.29 is 4.52 Å². The predicted octanol–water partition coefficient (Wildman–Crippen LogP) is 1.70. The van der Waals surface area contributed by atoms with E-state index in [1.165, 1.54) is 0 Å². The number of aryl methyl sites for hydroxylation is 1. The van der Waals surface area contributed by atoms with Crippen molar-refractivity contribution in [2.75, 3.05) is 5.32 Å². The second kappa shape index (κ2) is 4.28. The largest absolute Gasteiger partial charge is 0.376 e. The fraction of sp³-hybridized carbons (Fsp3) is 0.100. The van der Waals surface area contributed by atoms with Crippen molar-refractivity contribution in [3.63, 3.8) is 0 Å². The van der Waals surface area contributed by atoms with Gasteiger partial charge in [0.1, 0.15) is 0 Å². The molecule has 0 bridgehead atoms. The molecule has 6 heteroatoms. The van der Waals surface area contributed by atoms with E-state index in [1.54, 1.807) is 6.92 Å². The lowest BCUT2D eigenvalue weighted by atomic mass is 10.2. The Kier molecular flexibility index (Phi) is 2.82. The van der Waals surface area contributed by atoms with E-state index >= 15 is 0 Å². The number of benzene rings is 1. The Bertz CT molecular complexity index is 506. The summed E-state index contributed by atoms with van der Waals surface area (Å²) in [4.78, 5) is 4.12. The number of rotatable bonds is 2. The van der Waals surface area contributed by atoms with Crippen molar-refractivity contribution in [1.82, 2.24) is 10.1 Å². The number of hydrogen-bond acceptors (Lipinski definition) is 4. The Labute approximate surface area is 97.7 Å². The first-order valence-electron chi connectivity index (χ1n) is 4.62. The minimum atomic E-state index is 0.237. The first-order chi connectivity index (χ1) is 7.65. The summed E-state index contributed by atoms with van der Waals surface area (Å²) >= 11 is 4.73. The van der Waals surface area contributed by atoms with Gasteiger partial charge in [0.05, 0.1) is 0 Å². The molecule has 1 aromatic heterocycles. The number of nitrogens with one attached hydrogen (secondary N) is 1. The SMILES string of the molecule is Cc1noc(-c2ccc(NC(N)=S)cc2)n1. The molecule has 0 unspecified atom stereocenters. The second-order valence-corrected chi connectivity index (χ2v) is 3.65. The van der Waals surface area contributed by atoms with Crippen LogP contribution >= 0.6 is 12.2 Å². The lowest BCUT2D eigenvalue weighted by molar-refractivity contribution is 0.425. The molecular formula is C10H10N4OS. The van der Waals surface area contributed by atoms with E-state index in [2.05, 4.69) is 15.5 Å². The van der Waals surface area contributed by atoms with Gasteiger partial charge in [-0.3, -0.25) is 0 Å². The van der Waals surface area contributed by atoms with Crippen LogP contribution in [0.2, 0.25) is 0 Å². The molecule has 0 aliphatic heterocycles. The van der Waals surface area contributed by atoms with Crippen LogP contribution in [0.3, 0.4) is 0 Å². The van der Waals surface area contributed by atoms with E-state index in [1.807, 2.05) is 24.3 Å². The van der Waals surface area contributed by atoms with Crippen LogP contribution in [0.4, 0.5) is 5.69 Å². The molecule has 0 fully saturated rings. The molecule has 0 aliphatic rings. The highest BCUT2D eigenvalue weighted by Gasteiger charge is 2.05. The quantitative estimate of drug-likeness (QED) is 0.770. The second-order valence-electron chi connectivity index (χ2n) is 3.21. The van der Waals surface area contributed by atoms with Gasteiger partial charge in [0, 0.05) is 11.3 Å². The van der Waals surface area contributed by atoms with Gasteiger partial charge < -0.3 is 15.6 Å². The maximum Gasteiger partial charge on any atom is 0.257 e. The van der Waals surface area contributed by atoms with Gasteiger partial charge in [0.2, 0.25) is 0 Å². The first-order valence-corrected chi connectivity index (χ1v) is 5.03. The summed E-state index contributed by atoms with van der Waals surface area (Å²) in [7, 11) is 0. The van der Waals surface area contributed by atoms with Gasteiger partial charge in [0.15, 0.2) is 10.9 Å². The molecule has 1 heterocycles. The third-order valence-electron chi connectivity index (χ3n) is 1.93. The van der Waals surface area contributed by atoms with Gasteiger partial charge in [-0.15, -0.1) is 0 Å². The van der Waals surface area contributed by atoms with E-state index in [4.69, 9.17) is 22.5 Å². The number of nitrogens with zero attached hydrogens (tertiary/aromatic N) is 2. The monoisotopic (exact) mass is 234 g/mol. The Morgan fingerprint density at radius 1 is 1.38 bits per heavy atom. The molecular weight excluding hydrogens is 224 g/mol. The lowest BCUT2D eigenvalue weighted by Gasteiger charge is -2.03. The molecule has 5 nitrogen and oxygen atoms in total. The van der Waals surface area contributed by atoms with Crippen molar-refractivity contribution in [2.45, 2.75) is 6.92 Å². The minimum Gasteiger partial charge on any atom is -0.376 e. The van der Waals surface area contributed by atoms with Gasteiger partial charge in [0.25, 0.3) is 5.89 Å². The number of aromatic nitrogens is 2. The highest BCUT2D eigenvalue weighted by Crippen LogP contribution is 2.19. The van der Waals surface area contributed by atoms with E-state index in [0.717, 1.165) is 11.3 Å². The van der Waals surface area contributed by atoms with Crippen molar-refractivity contribution in [3.05, 3.63) is 30.1 Å². The summed E-state index contributed by atoms with van der Waals surface area (Å²) in [6.45, 7) is 1.77. The molecule has 82 valence electrons. The van der Waals surface area contributed by atoms with Crippen LogP contribution in [0.25, 0.3) is 11.5 Å². The topological polar surface area (TPSA) is 77.0 Å². The van der Waals surface area contributed by atoms with Gasteiger partial charge in [-0.05, 0) is 43.4 Å². The highest BCUT2D eigenvalue weighted by molar-refractivity contribution is 7.80. The van der Waals surface area contributed by atoms with Gasteiger partial charge in [-0.1, -0.05) is 5.16 Å². The van der Waals surface area contributed by atoms with Crippen LogP contribution in [0.5, 0.6) is 0 Å². The van der Waals surface area contributed by atoms with E-state index in [-0.39, 0.29) is 5.11 Å². The molecule has 0 aliphatic carbocycles. The molecule has 16 heavy (non-hydrogen) atoms. The van der Waals surface area contributed by atoms with Crippen LogP contribution in [-0.4, -0.2) is 15.3 Å². The molecule has 0 saturated carbocycles. The van der Waals surface area contributed by atoms with E-state index < -0.39 is 0 Å². The van der Waals surface area contributed by atoms with Crippen LogP contribution in [0.15, 0.2) is 28.8 Å². The molecule has 2 rings (SSSR count). The van der Waals surface area contributed by atoms with Crippen LogP contribution < -0.4 is 11.1 Å². The summed E-state index contributed by atoms with van der Waals surface area (Å²) in [5.74, 6) is 1.11. The van der Waals surface area contributed by atoms with Gasteiger partial charge >= 0.3 is 0 Å². The van der Waals surface area contributed by atoms with Crippen LogP contribution in [-0.2, 0) is 0 Å². The molecule has 0 amide bonds. The number of nitrogens with two attached hydrogens (primary N) is 1. The third kappa shape index (κ3) is 2.34. The third-order valence-corrected chi connectivity index (χ3v) is 2.03. The van der Waals surface area contributed by atoms with Crippen LogP contribution in [0, 0.1) is 6.92 Å². The fourth-order valence-electron chi connectivity index (χ4n) is 1.25. The average Bonchev–Trinajstić information content (AvgIpc) is 2.65. The Morgan fingerprint density at radius 2 is 2.06 bits per heavy atom. The van der Waals surface area contributed by atoms with Crippen molar-refractivity contribution in [1.29, 1.82) is 0 Å². The van der Waals surface area contributed by atoms with Gasteiger partial charge in [-0.2, -0.15) is 4.98 Å². The fourth-order valence-corrected chi connectivity index (χ4v) is 1.37. The number of hydrogen-bond donors (Lipinski definition) is 2. The zero-order valence-electron chi connectivity index (χ0n) is 8.60. The first kappa shape index (κ1) is 10.6. The van der Waals surface area contributed by atoms with Gasteiger partial charge in [-0.25, -0.2) is 0 Å². The minimum absolute atomic E-state index is 0.237. The van der Waals surface area contributed by atoms with E-state index in [9.17, 15) is 0 Å². The van der Waals surface area contributed by atoms with E-state index in [0.29, 0.717) is 11.7 Å². The van der Waals surface area contributed by atoms with Crippen molar-refractivity contribution in [2.24, 2.45) is 5.73 Å². The lowest BCUT2D eigenvalue weighted by Crippen LogP contribution is -2.18. The molecule has 1 aromatic carbocycles. The Morgan fingerprint density at radius 3 is 2.56 bits per heavy atom. The number of anilines is 1. The predicted molar refractivity (Wildman–Crippen MR) is 64.9 cm³/mol. The summed E-state index contributed by atoms with van der Waals surface area (Å²) in [6.07, 6.45) is 0. The normalized spacial score (nSPS) is 10.1. The molecule has 0 atom stereocenters. The van der Waals surface area contributed by atoms with Crippen LogP contribution in [0.1, 0.15) is 5.82 Å². The molecule has 0 spiro atoms. The highest BCUT2D eigenvalue weighted by atomic mass is 32.1. The summed E-state index contributed by atoms with van der Waals surface area (Å²) < 4.78 is 5.04. The molecule has 0 saturated heterocycles. The molecule has 2 aromatic rings. The standard InChI is InChI=1S/C10H10N4OS/c1-6-12-9(15-14-6)7-2-4-8(5-3-7)13-10(11)16/h2-5H,1H3,(H3,11,13,16). The zero-order chi connectivity index (χ0) is 11.5.